The Labute approximate surface area is 142 Å². The first-order valence-corrected chi connectivity index (χ1v) is 7.60. The van der Waals surface area contributed by atoms with Crippen LogP contribution in [0.5, 0.6) is 0 Å². The number of benzene rings is 2. The number of hydrogen-bond donors (Lipinski definition) is 2. The zero-order valence-corrected chi connectivity index (χ0v) is 14.4. The molecule has 0 saturated heterocycles. The van der Waals surface area contributed by atoms with Crippen molar-refractivity contribution in [2.24, 2.45) is 0 Å². The van der Waals surface area contributed by atoms with Gasteiger partial charge in [-0.1, -0.05) is 31.9 Å². The van der Waals surface area contributed by atoms with Crippen LogP contribution in [0.25, 0.3) is 0 Å². The Kier molecular flexibility index (Phi) is 7.81. The smallest absolute Gasteiger partial charge is 0.153 e. The average Bonchev–Trinajstić information content (AvgIpc) is 2.52. The van der Waals surface area contributed by atoms with Gasteiger partial charge in [0.25, 0.3) is 0 Å². The van der Waals surface area contributed by atoms with E-state index in [-0.39, 0.29) is 24.6 Å². The molecule has 2 aromatic rings. The quantitative estimate of drug-likeness (QED) is 0.714. The van der Waals surface area contributed by atoms with Gasteiger partial charge in [-0.3, -0.25) is 4.79 Å². The Balaban J connectivity index is 0.000000224. The lowest BCUT2D eigenvalue weighted by Crippen LogP contribution is -1.93. The van der Waals surface area contributed by atoms with Gasteiger partial charge in [-0.2, -0.15) is 0 Å². The molecule has 0 aliphatic carbocycles. The molecule has 0 aliphatic heterocycles. The minimum absolute atomic E-state index is 0.0147. The van der Waals surface area contributed by atoms with Crippen molar-refractivity contribution in [3.8, 4) is 0 Å². The summed E-state index contributed by atoms with van der Waals surface area (Å²) in [6.07, 6.45) is 0.432. The fourth-order valence-corrected chi connectivity index (χ4v) is 2.34. The highest BCUT2D eigenvalue weighted by molar-refractivity contribution is 9.10. The van der Waals surface area contributed by atoms with Gasteiger partial charge in [0.15, 0.2) is 6.29 Å². The highest BCUT2D eigenvalue weighted by Gasteiger charge is 2.06. The molecule has 2 aromatic carbocycles. The maximum Gasteiger partial charge on any atom is 0.153 e. The molecule has 0 aromatic heterocycles. The van der Waals surface area contributed by atoms with E-state index in [4.69, 9.17) is 10.2 Å². The van der Waals surface area contributed by atoms with Crippen molar-refractivity contribution in [2.75, 3.05) is 0 Å². The monoisotopic (exact) mass is 436 g/mol. The molecular formula is C15H12Br2F2O3. The second-order valence-corrected chi connectivity index (χ2v) is 5.84. The van der Waals surface area contributed by atoms with Crippen molar-refractivity contribution in [1.29, 1.82) is 0 Å². The summed E-state index contributed by atoms with van der Waals surface area (Å²) in [6, 6.07) is 6.68. The first kappa shape index (κ1) is 18.9. The normalized spacial score (nSPS) is 9.91. The van der Waals surface area contributed by atoms with E-state index in [0.29, 0.717) is 21.9 Å². The fraction of sp³-hybridized carbons (Fsp3) is 0.133. The molecule has 3 nitrogen and oxygen atoms in total. The van der Waals surface area contributed by atoms with Crippen molar-refractivity contribution >= 4 is 38.1 Å². The number of carbonyl (C=O) groups is 1. The minimum atomic E-state index is -0.614. The largest absolute Gasteiger partial charge is 0.392 e. The maximum absolute atomic E-state index is 12.9. The van der Waals surface area contributed by atoms with Crippen molar-refractivity contribution in [3.63, 3.8) is 0 Å². The third-order valence-electron chi connectivity index (χ3n) is 2.64. The van der Waals surface area contributed by atoms with Crippen LogP contribution in [0.3, 0.4) is 0 Å². The lowest BCUT2D eigenvalue weighted by Gasteiger charge is -2.01. The molecule has 0 unspecified atom stereocenters. The van der Waals surface area contributed by atoms with E-state index < -0.39 is 5.82 Å². The molecule has 0 spiro atoms. The predicted molar refractivity (Wildman–Crippen MR) is 85.4 cm³/mol. The van der Waals surface area contributed by atoms with Crippen molar-refractivity contribution < 1.29 is 23.8 Å². The van der Waals surface area contributed by atoms with Crippen LogP contribution >= 0.6 is 31.9 Å². The zero-order valence-electron chi connectivity index (χ0n) is 11.2. The summed E-state index contributed by atoms with van der Waals surface area (Å²) in [5, 5.41) is 17.4. The van der Waals surface area contributed by atoms with Crippen LogP contribution in [-0.4, -0.2) is 16.5 Å². The van der Waals surface area contributed by atoms with E-state index in [1.165, 1.54) is 18.2 Å². The Morgan fingerprint density at radius 2 is 1.55 bits per heavy atom. The number of aldehydes is 1. The van der Waals surface area contributed by atoms with Crippen LogP contribution in [0.4, 0.5) is 8.78 Å². The number of aliphatic hydroxyl groups is 2. The average molecular weight is 438 g/mol. The van der Waals surface area contributed by atoms with Crippen LogP contribution < -0.4 is 0 Å². The molecule has 22 heavy (non-hydrogen) atoms. The minimum Gasteiger partial charge on any atom is -0.392 e. The fourth-order valence-electron chi connectivity index (χ4n) is 1.48. The SMILES string of the molecule is O=Cc1cc(Br)c(CO)cc1F.OCc1cc(F)ccc1Br. The highest BCUT2D eigenvalue weighted by Crippen LogP contribution is 2.20. The molecule has 0 saturated carbocycles. The van der Waals surface area contributed by atoms with E-state index >= 15 is 0 Å². The lowest BCUT2D eigenvalue weighted by atomic mass is 10.1. The maximum atomic E-state index is 12.9. The van der Waals surface area contributed by atoms with Gasteiger partial charge in [0.2, 0.25) is 0 Å². The van der Waals surface area contributed by atoms with Gasteiger partial charge >= 0.3 is 0 Å². The Hall–Kier alpha value is -1.15. The Morgan fingerprint density at radius 3 is 2.05 bits per heavy atom. The third kappa shape index (κ3) is 5.24. The number of halogens is 4. The second kappa shape index (κ2) is 9.09. The van der Waals surface area contributed by atoms with Crippen molar-refractivity contribution in [1.82, 2.24) is 0 Å². The topological polar surface area (TPSA) is 57.5 Å². The molecule has 0 fully saturated rings. The summed E-state index contributed by atoms with van der Waals surface area (Å²) in [6.45, 7) is -0.394. The molecule has 2 N–H and O–H groups in total. The van der Waals surface area contributed by atoms with Gasteiger partial charge in [-0.05, 0) is 41.5 Å². The first-order chi connectivity index (χ1) is 10.4. The molecule has 0 bridgehead atoms. The van der Waals surface area contributed by atoms with Gasteiger partial charge in [0.1, 0.15) is 11.6 Å². The van der Waals surface area contributed by atoms with Gasteiger partial charge in [-0.25, -0.2) is 8.78 Å². The molecule has 2 rings (SSSR count). The van der Waals surface area contributed by atoms with E-state index in [1.54, 1.807) is 6.07 Å². The van der Waals surface area contributed by atoms with Crippen LogP contribution in [0.1, 0.15) is 21.5 Å². The van der Waals surface area contributed by atoms with E-state index in [1.807, 2.05) is 0 Å². The predicted octanol–water partition coefficient (Wildman–Crippen LogP) is 3.97. The molecular weight excluding hydrogens is 426 g/mol. The van der Waals surface area contributed by atoms with Gasteiger partial charge in [0, 0.05) is 8.95 Å². The lowest BCUT2D eigenvalue weighted by molar-refractivity contribution is 0.111. The number of rotatable bonds is 3. The van der Waals surface area contributed by atoms with Gasteiger partial charge < -0.3 is 10.2 Å². The second-order valence-electron chi connectivity index (χ2n) is 4.13. The summed E-state index contributed by atoms with van der Waals surface area (Å²) in [4.78, 5) is 10.3. The summed E-state index contributed by atoms with van der Waals surface area (Å²) >= 11 is 6.26. The van der Waals surface area contributed by atoms with E-state index in [9.17, 15) is 13.6 Å². The summed E-state index contributed by atoms with van der Waals surface area (Å²) < 4.78 is 26.5. The first-order valence-electron chi connectivity index (χ1n) is 6.01. The van der Waals surface area contributed by atoms with Gasteiger partial charge in [0.05, 0.1) is 18.8 Å². The molecule has 118 valence electrons. The standard InChI is InChI=1S/C8H6BrFO2.C7H6BrFO/c9-7-1-6(4-12)8(10)2-5(7)3-11;8-7-2-1-6(9)3-5(7)4-10/h1-2,4,11H,3H2;1-3,10H,4H2. The zero-order chi connectivity index (χ0) is 16.7. The van der Waals surface area contributed by atoms with Gasteiger partial charge in [-0.15, -0.1) is 0 Å². The molecule has 0 atom stereocenters. The van der Waals surface area contributed by atoms with Crippen LogP contribution in [-0.2, 0) is 13.2 Å². The van der Waals surface area contributed by atoms with E-state index in [2.05, 4.69) is 31.9 Å². The van der Waals surface area contributed by atoms with Crippen LogP contribution in [0, 0.1) is 11.6 Å². The number of carbonyl (C=O) groups excluding carboxylic acids is 1. The van der Waals surface area contributed by atoms with Crippen LogP contribution in [0.2, 0.25) is 0 Å². The highest BCUT2D eigenvalue weighted by atomic mass is 79.9. The van der Waals surface area contributed by atoms with Crippen molar-refractivity contribution in [3.05, 3.63) is 67.6 Å². The molecule has 0 amide bonds. The summed E-state index contributed by atoms with van der Waals surface area (Å²) in [7, 11) is 0. The molecule has 7 heteroatoms. The van der Waals surface area contributed by atoms with Crippen LogP contribution in [0.15, 0.2) is 39.3 Å². The number of aliphatic hydroxyl groups excluding tert-OH is 2. The Bertz CT molecular complexity index is 663. The van der Waals surface area contributed by atoms with Crippen molar-refractivity contribution in [2.45, 2.75) is 13.2 Å². The molecule has 0 heterocycles. The summed E-state index contributed by atoms with van der Waals surface area (Å²) in [5.74, 6) is -0.940. The number of hydrogen-bond acceptors (Lipinski definition) is 3. The Morgan fingerprint density at radius 1 is 0.955 bits per heavy atom. The molecule has 0 aliphatic rings. The summed E-state index contributed by atoms with van der Waals surface area (Å²) in [5.41, 5.74) is 0.983. The molecule has 0 radical (unpaired) electrons. The van der Waals surface area contributed by atoms with E-state index in [0.717, 1.165) is 10.5 Å². The third-order valence-corrected chi connectivity index (χ3v) is 4.15.